The zero-order valence-corrected chi connectivity index (χ0v) is 11.6. The van der Waals surface area contributed by atoms with Gasteiger partial charge in [-0.15, -0.1) is 0 Å². The number of nitrogens with zero attached hydrogens (tertiary/aromatic N) is 1. The first-order chi connectivity index (χ1) is 8.97. The van der Waals surface area contributed by atoms with E-state index in [1.807, 2.05) is 19.1 Å². The van der Waals surface area contributed by atoms with E-state index in [4.69, 9.17) is 21.8 Å². The van der Waals surface area contributed by atoms with Crippen molar-refractivity contribution >= 4 is 23.2 Å². The quantitative estimate of drug-likeness (QED) is 0.878. The topological polar surface area (TPSA) is 59.5 Å². The molecule has 0 radical (unpaired) electrons. The minimum Gasteiger partial charge on any atom is -0.464 e. The number of furan rings is 1. The SMILES string of the molecule is Cc1ccc(CN(C)C(=O)c2cc(Cl)ccc2N)o1. The van der Waals surface area contributed by atoms with Crippen molar-refractivity contribution in [1.29, 1.82) is 0 Å². The van der Waals surface area contributed by atoms with E-state index in [0.29, 0.717) is 22.8 Å². The van der Waals surface area contributed by atoms with Gasteiger partial charge in [0.15, 0.2) is 0 Å². The highest BCUT2D eigenvalue weighted by molar-refractivity contribution is 6.31. The van der Waals surface area contributed by atoms with E-state index in [-0.39, 0.29) is 5.91 Å². The van der Waals surface area contributed by atoms with Crippen LogP contribution in [-0.2, 0) is 6.54 Å². The lowest BCUT2D eigenvalue weighted by atomic mass is 10.1. The second kappa shape index (κ2) is 5.36. The molecule has 0 saturated heterocycles. The summed E-state index contributed by atoms with van der Waals surface area (Å²) in [5.41, 5.74) is 6.61. The first kappa shape index (κ1) is 13.5. The number of aryl methyl sites for hydroxylation is 1. The maximum Gasteiger partial charge on any atom is 0.256 e. The van der Waals surface area contributed by atoms with Gasteiger partial charge in [0.05, 0.1) is 12.1 Å². The van der Waals surface area contributed by atoms with Gasteiger partial charge in [-0.3, -0.25) is 4.79 Å². The minimum absolute atomic E-state index is 0.186. The van der Waals surface area contributed by atoms with Crippen molar-refractivity contribution in [2.24, 2.45) is 0 Å². The summed E-state index contributed by atoms with van der Waals surface area (Å²) in [5.74, 6) is 1.36. The van der Waals surface area contributed by atoms with Crippen LogP contribution < -0.4 is 5.73 Å². The lowest BCUT2D eigenvalue weighted by molar-refractivity contribution is 0.0776. The molecule has 0 aliphatic carbocycles. The number of hydrogen-bond acceptors (Lipinski definition) is 3. The summed E-state index contributed by atoms with van der Waals surface area (Å²) < 4.78 is 5.44. The average molecular weight is 279 g/mol. The Morgan fingerprint density at radius 2 is 2.11 bits per heavy atom. The van der Waals surface area contributed by atoms with Crippen LogP contribution in [0.2, 0.25) is 5.02 Å². The summed E-state index contributed by atoms with van der Waals surface area (Å²) in [4.78, 5) is 13.8. The van der Waals surface area contributed by atoms with E-state index >= 15 is 0 Å². The molecule has 0 spiro atoms. The van der Waals surface area contributed by atoms with Crippen molar-refractivity contribution in [1.82, 2.24) is 4.90 Å². The van der Waals surface area contributed by atoms with Crippen LogP contribution in [0.1, 0.15) is 21.9 Å². The molecule has 1 aromatic heterocycles. The molecule has 2 rings (SSSR count). The van der Waals surface area contributed by atoms with Crippen LogP contribution in [-0.4, -0.2) is 17.9 Å². The van der Waals surface area contributed by atoms with Crippen LogP contribution in [0.4, 0.5) is 5.69 Å². The van der Waals surface area contributed by atoms with E-state index in [2.05, 4.69) is 0 Å². The molecule has 100 valence electrons. The maximum atomic E-state index is 12.3. The number of anilines is 1. The Morgan fingerprint density at radius 1 is 1.37 bits per heavy atom. The summed E-state index contributed by atoms with van der Waals surface area (Å²) in [6, 6.07) is 8.56. The number of hydrogen-bond donors (Lipinski definition) is 1. The third kappa shape index (κ3) is 3.09. The number of amides is 1. The molecule has 0 fully saturated rings. The molecule has 2 N–H and O–H groups in total. The van der Waals surface area contributed by atoms with Gasteiger partial charge in [0.25, 0.3) is 5.91 Å². The second-order valence-electron chi connectivity index (χ2n) is 4.41. The van der Waals surface area contributed by atoms with Crippen molar-refractivity contribution < 1.29 is 9.21 Å². The summed E-state index contributed by atoms with van der Waals surface area (Å²) in [6.07, 6.45) is 0. The van der Waals surface area contributed by atoms with Crippen molar-refractivity contribution in [3.63, 3.8) is 0 Å². The zero-order valence-electron chi connectivity index (χ0n) is 10.8. The molecule has 0 aliphatic rings. The molecule has 0 unspecified atom stereocenters. The number of halogens is 1. The lowest BCUT2D eigenvalue weighted by Crippen LogP contribution is -2.26. The average Bonchev–Trinajstić information content (AvgIpc) is 2.77. The fourth-order valence-corrected chi connectivity index (χ4v) is 1.97. The van der Waals surface area contributed by atoms with Crippen molar-refractivity contribution in [2.75, 3.05) is 12.8 Å². The van der Waals surface area contributed by atoms with Gasteiger partial charge in [-0.1, -0.05) is 11.6 Å². The standard InChI is InChI=1S/C14H15ClN2O2/c1-9-3-5-11(19-9)8-17(2)14(18)12-7-10(15)4-6-13(12)16/h3-7H,8,16H2,1-2H3. The van der Waals surface area contributed by atoms with Crippen LogP contribution in [0.25, 0.3) is 0 Å². The van der Waals surface area contributed by atoms with Crippen molar-refractivity contribution in [2.45, 2.75) is 13.5 Å². The molecule has 19 heavy (non-hydrogen) atoms. The molecule has 5 heteroatoms. The second-order valence-corrected chi connectivity index (χ2v) is 4.84. The number of benzene rings is 1. The molecule has 1 amide bonds. The van der Waals surface area contributed by atoms with E-state index < -0.39 is 0 Å². The first-order valence-electron chi connectivity index (χ1n) is 5.83. The van der Waals surface area contributed by atoms with Crippen LogP contribution in [0, 0.1) is 6.92 Å². The first-order valence-corrected chi connectivity index (χ1v) is 6.21. The number of carbonyl (C=O) groups excluding carboxylic acids is 1. The largest absolute Gasteiger partial charge is 0.464 e. The summed E-state index contributed by atoms with van der Waals surface area (Å²) in [7, 11) is 1.69. The molecule has 2 aromatic rings. The predicted molar refractivity (Wildman–Crippen MR) is 75.1 cm³/mol. The summed E-state index contributed by atoms with van der Waals surface area (Å²) >= 11 is 5.88. The van der Waals surface area contributed by atoms with Gasteiger partial charge in [0.1, 0.15) is 11.5 Å². The Bertz CT molecular complexity index is 607. The molecular weight excluding hydrogens is 264 g/mol. The Morgan fingerprint density at radius 3 is 2.74 bits per heavy atom. The zero-order chi connectivity index (χ0) is 14.0. The van der Waals surface area contributed by atoms with Gasteiger partial charge in [0, 0.05) is 17.8 Å². The van der Waals surface area contributed by atoms with E-state index in [1.54, 1.807) is 30.1 Å². The van der Waals surface area contributed by atoms with Gasteiger partial charge in [-0.05, 0) is 37.3 Å². The fraction of sp³-hybridized carbons (Fsp3) is 0.214. The molecule has 0 atom stereocenters. The Labute approximate surface area is 116 Å². The maximum absolute atomic E-state index is 12.3. The molecule has 0 bridgehead atoms. The van der Waals surface area contributed by atoms with Crippen LogP contribution in [0.3, 0.4) is 0 Å². The van der Waals surface area contributed by atoms with Gasteiger partial charge < -0.3 is 15.1 Å². The molecular formula is C14H15ClN2O2. The smallest absolute Gasteiger partial charge is 0.256 e. The summed E-state index contributed by atoms with van der Waals surface area (Å²) in [5, 5.41) is 0.486. The van der Waals surface area contributed by atoms with Crippen LogP contribution >= 0.6 is 11.6 Å². The van der Waals surface area contributed by atoms with E-state index in [9.17, 15) is 4.79 Å². The monoisotopic (exact) mass is 278 g/mol. The number of nitrogens with two attached hydrogens (primary N) is 1. The molecule has 4 nitrogen and oxygen atoms in total. The van der Waals surface area contributed by atoms with Gasteiger partial charge in [-0.25, -0.2) is 0 Å². The Hall–Kier alpha value is -1.94. The van der Waals surface area contributed by atoms with E-state index in [0.717, 1.165) is 11.5 Å². The van der Waals surface area contributed by atoms with Crippen molar-refractivity contribution in [3.05, 3.63) is 52.4 Å². The number of rotatable bonds is 3. The van der Waals surface area contributed by atoms with Crippen LogP contribution in [0.5, 0.6) is 0 Å². The Balaban J connectivity index is 2.16. The van der Waals surface area contributed by atoms with Gasteiger partial charge >= 0.3 is 0 Å². The van der Waals surface area contributed by atoms with Gasteiger partial charge in [0.2, 0.25) is 0 Å². The molecule has 0 aliphatic heterocycles. The Kier molecular flexibility index (Phi) is 3.81. The van der Waals surface area contributed by atoms with Crippen LogP contribution in [0.15, 0.2) is 34.7 Å². The highest BCUT2D eigenvalue weighted by atomic mass is 35.5. The molecule has 0 saturated carbocycles. The highest BCUT2D eigenvalue weighted by Gasteiger charge is 2.16. The molecule has 1 aromatic carbocycles. The van der Waals surface area contributed by atoms with E-state index in [1.165, 1.54) is 0 Å². The third-order valence-corrected chi connectivity index (χ3v) is 3.02. The fourth-order valence-electron chi connectivity index (χ4n) is 1.79. The molecule has 1 heterocycles. The predicted octanol–water partition coefficient (Wildman–Crippen LogP) is 3.10. The highest BCUT2D eigenvalue weighted by Crippen LogP contribution is 2.20. The lowest BCUT2D eigenvalue weighted by Gasteiger charge is -2.17. The van der Waals surface area contributed by atoms with Gasteiger partial charge in [-0.2, -0.15) is 0 Å². The minimum atomic E-state index is -0.186. The van der Waals surface area contributed by atoms with Crippen molar-refractivity contribution in [3.8, 4) is 0 Å². The number of nitrogen functional groups attached to an aromatic ring is 1. The normalized spacial score (nSPS) is 10.5. The summed E-state index contributed by atoms with van der Waals surface area (Å²) in [6.45, 7) is 2.25. The number of carbonyl (C=O) groups is 1. The third-order valence-electron chi connectivity index (χ3n) is 2.78.